The normalized spacial score (nSPS) is 35.6. The Labute approximate surface area is 94.4 Å². The maximum Gasteiger partial charge on any atom is 0.00954 e. The molecule has 2 aliphatic rings. The molecular weight excluding hydrogens is 184 g/mol. The van der Waals surface area contributed by atoms with E-state index in [-0.39, 0.29) is 0 Å². The van der Waals surface area contributed by atoms with Crippen LogP contribution in [0, 0.1) is 5.92 Å². The van der Waals surface area contributed by atoms with Crippen LogP contribution in [0.3, 0.4) is 0 Å². The van der Waals surface area contributed by atoms with Crippen LogP contribution in [-0.2, 0) is 0 Å². The molecule has 88 valence electrons. The van der Waals surface area contributed by atoms with Gasteiger partial charge in [0.15, 0.2) is 0 Å². The molecule has 15 heavy (non-hydrogen) atoms. The second-order valence-electron chi connectivity index (χ2n) is 5.49. The van der Waals surface area contributed by atoms with Crippen LogP contribution in [0.1, 0.15) is 46.0 Å². The molecule has 0 spiro atoms. The maximum atomic E-state index is 3.69. The van der Waals surface area contributed by atoms with Gasteiger partial charge in [0.1, 0.15) is 0 Å². The van der Waals surface area contributed by atoms with Crippen molar-refractivity contribution in [3.63, 3.8) is 0 Å². The molecule has 2 fully saturated rings. The topological polar surface area (TPSA) is 15.3 Å². The first-order chi connectivity index (χ1) is 7.29. The maximum absolute atomic E-state index is 3.69. The summed E-state index contributed by atoms with van der Waals surface area (Å²) in [5.74, 6) is 0.819. The molecule has 2 nitrogen and oxygen atoms in total. The van der Waals surface area contributed by atoms with Gasteiger partial charge in [0.25, 0.3) is 0 Å². The van der Waals surface area contributed by atoms with E-state index in [0.717, 1.165) is 18.0 Å². The number of hydrogen-bond acceptors (Lipinski definition) is 2. The summed E-state index contributed by atoms with van der Waals surface area (Å²) in [5.41, 5.74) is 0. The van der Waals surface area contributed by atoms with Gasteiger partial charge < -0.3 is 10.2 Å². The third-order valence-corrected chi connectivity index (χ3v) is 4.15. The molecule has 1 aliphatic carbocycles. The Morgan fingerprint density at radius 2 is 2.07 bits per heavy atom. The summed E-state index contributed by atoms with van der Waals surface area (Å²) in [6.45, 7) is 8.53. The molecule has 2 rings (SSSR count). The molecule has 1 saturated carbocycles. The quantitative estimate of drug-likeness (QED) is 0.752. The third kappa shape index (κ3) is 2.94. The lowest BCUT2D eigenvalue weighted by Gasteiger charge is -2.41. The molecule has 0 radical (unpaired) electrons. The first-order valence-electron chi connectivity index (χ1n) is 6.77. The van der Waals surface area contributed by atoms with Crippen molar-refractivity contribution in [1.29, 1.82) is 0 Å². The molecule has 2 unspecified atom stereocenters. The molecule has 2 atom stereocenters. The summed E-state index contributed by atoms with van der Waals surface area (Å²) >= 11 is 0. The van der Waals surface area contributed by atoms with Gasteiger partial charge in [-0.3, -0.25) is 0 Å². The zero-order valence-corrected chi connectivity index (χ0v) is 10.3. The van der Waals surface area contributed by atoms with Gasteiger partial charge >= 0.3 is 0 Å². The van der Waals surface area contributed by atoms with E-state index in [0.29, 0.717) is 0 Å². The third-order valence-electron chi connectivity index (χ3n) is 4.15. The van der Waals surface area contributed by atoms with Crippen LogP contribution < -0.4 is 5.32 Å². The van der Waals surface area contributed by atoms with Gasteiger partial charge in [-0.05, 0) is 44.7 Å². The predicted octanol–water partition coefficient (Wildman–Crippen LogP) is 2.25. The van der Waals surface area contributed by atoms with E-state index in [1.807, 2.05) is 0 Å². The van der Waals surface area contributed by atoms with Crippen LogP contribution in [0.15, 0.2) is 0 Å². The molecule has 0 aromatic carbocycles. The van der Waals surface area contributed by atoms with Gasteiger partial charge in [-0.15, -0.1) is 0 Å². The van der Waals surface area contributed by atoms with Crippen molar-refractivity contribution in [3.05, 3.63) is 0 Å². The van der Waals surface area contributed by atoms with E-state index in [1.54, 1.807) is 0 Å². The van der Waals surface area contributed by atoms with E-state index in [1.165, 1.54) is 51.7 Å². The van der Waals surface area contributed by atoms with Crippen molar-refractivity contribution in [2.24, 2.45) is 5.92 Å². The van der Waals surface area contributed by atoms with Gasteiger partial charge in [-0.1, -0.05) is 20.3 Å². The molecule has 0 aromatic rings. The Balaban J connectivity index is 1.87. The lowest BCUT2D eigenvalue weighted by molar-refractivity contribution is 0.0940. The average molecular weight is 210 g/mol. The molecule has 2 heteroatoms. The zero-order chi connectivity index (χ0) is 10.7. The summed E-state index contributed by atoms with van der Waals surface area (Å²) in [4.78, 5) is 2.76. The molecule has 1 saturated heterocycles. The fourth-order valence-electron chi connectivity index (χ4n) is 2.78. The molecule has 1 N–H and O–H groups in total. The van der Waals surface area contributed by atoms with E-state index in [2.05, 4.69) is 24.1 Å². The largest absolute Gasteiger partial charge is 0.314 e. The highest BCUT2D eigenvalue weighted by atomic mass is 15.2. The van der Waals surface area contributed by atoms with E-state index in [4.69, 9.17) is 0 Å². The Hall–Kier alpha value is -0.0800. The zero-order valence-electron chi connectivity index (χ0n) is 10.3. The minimum absolute atomic E-state index is 0.760. The van der Waals surface area contributed by atoms with Crippen LogP contribution in [0.2, 0.25) is 0 Å². The van der Waals surface area contributed by atoms with Crippen molar-refractivity contribution in [2.45, 2.75) is 58.0 Å². The summed E-state index contributed by atoms with van der Waals surface area (Å²) < 4.78 is 0. The molecule has 0 bridgehead atoms. The van der Waals surface area contributed by atoms with Crippen LogP contribution in [0.5, 0.6) is 0 Å². The highest BCUT2D eigenvalue weighted by molar-refractivity contribution is 4.84. The fourth-order valence-corrected chi connectivity index (χ4v) is 2.78. The highest BCUT2D eigenvalue weighted by Crippen LogP contribution is 2.26. The minimum Gasteiger partial charge on any atom is -0.314 e. The second kappa shape index (κ2) is 5.31. The predicted molar refractivity (Wildman–Crippen MR) is 65.1 cm³/mol. The minimum atomic E-state index is 0.760. The smallest absolute Gasteiger partial charge is 0.00954 e. The van der Waals surface area contributed by atoms with Crippen molar-refractivity contribution in [1.82, 2.24) is 10.2 Å². The van der Waals surface area contributed by atoms with Crippen LogP contribution in [0.4, 0.5) is 0 Å². The van der Waals surface area contributed by atoms with Gasteiger partial charge in [0.05, 0.1) is 0 Å². The second-order valence-corrected chi connectivity index (χ2v) is 5.49. The Morgan fingerprint density at radius 3 is 2.67 bits per heavy atom. The Kier molecular flexibility index (Phi) is 4.04. The first kappa shape index (κ1) is 11.4. The van der Waals surface area contributed by atoms with Gasteiger partial charge in [0, 0.05) is 18.6 Å². The van der Waals surface area contributed by atoms with Crippen molar-refractivity contribution < 1.29 is 0 Å². The number of nitrogens with zero attached hydrogens (tertiary/aromatic N) is 1. The van der Waals surface area contributed by atoms with Crippen molar-refractivity contribution in [3.8, 4) is 0 Å². The van der Waals surface area contributed by atoms with E-state index < -0.39 is 0 Å². The van der Waals surface area contributed by atoms with Crippen LogP contribution >= 0.6 is 0 Å². The molecule has 1 aliphatic heterocycles. The molecule has 0 aromatic heterocycles. The Bertz CT molecular complexity index is 189. The van der Waals surface area contributed by atoms with Gasteiger partial charge in [-0.2, -0.15) is 0 Å². The monoisotopic (exact) mass is 210 g/mol. The molecular formula is C13H26N2. The summed E-state index contributed by atoms with van der Waals surface area (Å²) in [6.07, 6.45) is 7.00. The lowest BCUT2D eigenvalue weighted by Crippen LogP contribution is -2.49. The van der Waals surface area contributed by atoms with Crippen molar-refractivity contribution >= 4 is 0 Å². The van der Waals surface area contributed by atoms with Crippen molar-refractivity contribution in [2.75, 3.05) is 19.6 Å². The summed E-state index contributed by atoms with van der Waals surface area (Å²) in [5, 5.41) is 3.69. The van der Waals surface area contributed by atoms with E-state index >= 15 is 0 Å². The van der Waals surface area contributed by atoms with E-state index in [9.17, 15) is 0 Å². The highest BCUT2D eigenvalue weighted by Gasteiger charge is 2.27. The first-order valence-corrected chi connectivity index (χ1v) is 6.77. The Morgan fingerprint density at radius 1 is 1.27 bits per heavy atom. The molecule has 1 heterocycles. The molecule has 0 amide bonds. The van der Waals surface area contributed by atoms with Gasteiger partial charge in [-0.25, -0.2) is 0 Å². The lowest BCUT2D eigenvalue weighted by atomic mass is 9.90. The summed E-state index contributed by atoms with van der Waals surface area (Å²) in [6, 6.07) is 1.69. The SMILES string of the molecule is CCC1CCN(C2CCC2)CC(C)CN1. The van der Waals surface area contributed by atoms with Crippen LogP contribution in [0.25, 0.3) is 0 Å². The van der Waals surface area contributed by atoms with Crippen LogP contribution in [-0.4, -0.2) is 36.6 Å². The standard InChI is InChI=1S/C13H26N2/c1-3-12-7-8-15(13-5-4-6-13)10-11(2)9-14-12/h11-14H,3-10H2,1-2H3. The fraction of sp³-hybridized carbons (Fsp3) is 1.00. The number of hydrogen-bond donors (Lipinski definition) is 1. The average Bonchev–Trinajstić information content (AvgIpc) is 2.12. The number of nitrogens with one attached hydrogen (secondary N) is 1. The number of rotatable bonds is 2. The summed E-state index contributed by atoms with van der Waals surface area (Å²) in [7, 11) is 0. The van der Waals surface area contributed by atoms with Gasteiger partial charge in [0.2, 0.25) is 0 Å².